The third-order valence-electron chi connectivity index (χ3n) is 3.36. The minimum atomic E-state index is -0.272. The van der Waals surface area contributed by atoms with Crippen molar-refractivity contribution in [3.05, 3.63) is 42.0 Å². The van der Waals surface area contributed by atoms with Crippen LogP contribution >= 0.6 is 24.0 Å². The monoisotopic (exact) mass is 446 g/mol. The predicted molar refractivity (Wildman–Crippen MR) is 105 cm³/mol. The van der Waals surface area contributed by atoms with E-state index >= 15 is 0 Å². The van der Waals surface area contributed by atoms with E-state index in [1.807, 2.05) is 0 Å². The summed E-state index contributed by atoms with van der Waals surface area (Å²) < 4.78 is 18.4. The van der Waals surface area contributed by atoms with Crippen LogP contribution in [0.2, 0.25) is 0 Å². The van der Waals surface area contributed by atoms with Crippen molar-refractivity contribution in [1.29, 1.82) is 0 Å². The molecule has 5 nitrogen and oxygen atoms in total. The van der Waals surface area contributed by atoms with Crippen molar-refractivity contribution in [2.75, 3.05) is 20.1 Å². The number of hydrogen-bond acceptors (Lipinski definition) is 3. The van der Waals surface area contributed by atoms with Crippen molar-refractivity contribution in [3.8, 4) is 11.5 Å². The van der Waals surface area contributed by atoms with Crippen molar-refractivity contribution in [2.24, 2.45) is 4.99 Å². The van der Waals surface area contributed by atoms with Gasteiger partial charge in [0.15, 0.2) is 5.96 Å². The number of benzene rings is 1. The summed E-state index contributed by atoms with van der Waals surface area (Å²) >= 11 is 0. The molecule has 0 bridgehead atoms. The Morgan fingerprint density at radius 3 is 2.58 bits per heavy atom. The average Bonchev–Trinajstić information content (AvgIpc) is 3.03. The number of halogens is 2. The van der Waals surface area contributed by atoms with Gasteiger partial charge >= 0.3 is 0 Å². The fourth-order valence-electron chi connectivity index (χ4n) is 2.06. The Morgan fingerprint density at radius 1 is 1.21 bits per heavy atom. The lowest BCUT2D eigenvalue weighted by Crippen LogP contribution is -2.38. The Morgan fingerprint density at radius 2 is 1.92 bits per heavy atom. The zero-order valence-electron chi connectivity index (χ0n) is 14.0. The summed E-state index contributed by atoms with van der Waals surface area (Å²) in [6.45, 7) is 3.77. The van der Waals surface area contributed by atoms with E-state index < -0.39 is 0 Å². The minimum absolute atomic E-state index is 0. The minimum Gasteiger partial charge on any atom is -0.444 e. The van der Waals surface area contributed by atoms with Gasteiger partial charge < -0.3 is 15.1 Å². The molecule has 0 amide bonds. The number of nitrogens with one attached hydrogen (secondary N) is 2. The zero-order chi connectivity index (χ0) is 16.5. The second kappa shape index (κ2) is 11.0. The van der Waals surface area contributed by atoms with Crippen LogP contribution in [-0.4, -0.2) is 31.1 Å². The number of guanidine groups is 1. The molecule has 2 N–H and O–H groups in total. The second-order valence-electron chi connectivity index (χ2n) is 5.18. The largest absolute Gasteiger partial charge is 0.444 e. The lowest BCUT2D eigenvalue weighted by molar-refractivity contribution is 0.571. The fourth-order valence-corrected chi connectivity index (χ4v) is 2.06. The van der Waals surface area contributed by atoms with Gasteiger partial charge in [-0.05, 0) is 30.7 Å². The van der Waals surface area contributed by atoms with E-state index in [2.05, 4.69) is 27.5 Å². The topological polar surface area (TPSA) is 62.5 Å². The van der Waals surface area contributed by atoms with E-state index in [1.54, 1.807) is 25.4 Å². The summed E-state index contributed by atoms with van der Waals surface area (Å²) in [4.78, 5) is 8.59. The first-order valence-electron chi connectivity index (χ1n) is 7.87. The van der Waals surface area contributed by atoms with Crippen LogP contribution in [0, 0.1) is 5.82 Å². The summed E-state index contributed by atoms with van der Waals surface area (Å²) in [5.41, 5.74) is 1.61. The Balaban J connectivity index is 0.00000288. The van der Waals surface area contributed by atoms with Gasteiger partial charge in [-0.1, -0.05) is 13.3 Å². The van der Waals surface area contributed by atoms with E-state index in [1.165, 1.54) is 12.1 Å². The fraction of sp³-hybridized carbons (Fsp3) is 0.412. The van der Waals surface area contributed by atoms with Crippen LogP contribution in [0.5, 0.6) is 0 Å². The van der Waals surface area contributed by atoms with Crippen LogP contribution in [-0.2, 0) is 6.42 Å². The van der Waals surface area contributed by atoms with Crippen LogP contribution in [0.15, 0.2) is 39.9 Å². The molecule has 1 aromatic heterocycles. The molecular formula is C17H24FIN4O. The van der Waals surface area contributed by atoms with Gasteiger partial charge in [-0.2, -0.15) is 0 Å². The van der Waals surface area contributed by atoms with Gasteiger partial charge in [-0.15, -0.1) is 24.0 Å². The Labute approximate surface area is 159 Å². The van der Waals surface area contributed by atoms with Gasteiger partial charge in [-0.25, -0.2) is 9.37 Å². The molecule has 132 valence electrons. The molecular weight excluding hydrogens is 422 g/mol. The summed E-state index contributed by atoms with van der Waals surface area (Å²) in [5, 5.41) is 6.49. The SMILES string of the molecule is CCCCNC(=NC)NCCc1coc(-c2ccc(F)cc2)n1.I. The van der Waals surface area contributed by atoms with Gasteiger partial charge in [0.05, 0.1) is 5.69 Å². The van der Waals surface area contributed by atoms with Crippen molar-refractivity contribution in [2.45, 2.75) is 26.2 Å². The molecule has 0 aliphatic carbocycles. The summed E-state index contributed by atoms with van der Waals surface area (Å²) in [6.07, 6.45) is 4.62. The molecule has 0 radical (unpaired) electrons. The van der Waals surface area contributed by atoms with E-state index in [-0.39, 0.29) is 29.8 Å². The van der Waals surface area contributed by atoms with E-state index in [0.717, 1.165) is 43.0 Å². The number of unbranched alkanes of at least 4 members (excludes halogenated alkanes) is 1. The van der Waals surface area contributed by atoms with Gasteiger partial charge in [0, 0.05) is 32.1 Å². The highest BCUT2D eigenvalue weighted by atomic mass is 127. The molecule has 0 unspecified atom stereocenters. The maximum Gasteiger partial charge on any atom is 0.226 e. The van der Waals surface area contributed by atoms with Gasteiger partial charge in [0.2, 0.25) is 5.89 Å². The van der Waals surface area contributed by atoms with E-state index in [9.17, 15) is 4.39 Å². The molecule has 0 aliphatic rings. The van der Waals surface area contributed by atoms with Crippen LogP contribution in [0.3, 0.4) is 0 Å². The Hall–Kier alpha value is -1.64. The number of nitrogens with zero attached hydrogens (tertiary/aromatic N) is 2. The van der Waals surface area contributed by atoms with Crippen molar-refractivity contribution < 1.29 is 8.81 Å². The smallest absolute Gasteiger partial charge is 0.226 e. The van der Waals surface area contributed by atoms with Crippen molar-refractivity contribution in [3.63, 3.8) is 0 Å². The molecule has 1 heterocycles. The number of hydrogen-bond donors (Lipinski definition) is 2. The first kappa shape index (κ1) is 20.4. The maximum absolute atomic E-state index is 12.9. The van der Waals surface area contributed by atoms with E-state index in [4.69, 9.17) is 4.42 Å². The normalized spacial score (nSPS) is 11.0. The molecule has 1 aromatic carbocycles. The van der Waals surface area contributed by atoms with Gasteiger partial charge in [-0.3, -0.25) is 4.99 Å². The molecule has 0 saturated heterocycles. The molecule has 0 fully saturated rings. The van der Waals surface area contributed by atoms with Crippen LogP contribution in [0.1, 0.15) is 25.5 Å². The standard InChI is InChI=1S/C17H23FN4O.HI/c1-3-4-10-20-17(19-2)21-11-9-15-12-23-16(22-15)13-5-7-14(18)8-6-13;/h5-8,12H,3-4,9-11H2,1-2H3,(H2,19,20,21);1H. The first-order valence-corrected chi connectivity index (χ1v) is 7.87. The molecule has 2 rings (SSSR count). The van der Waals surface area contributed by atoms with E-state index in [0.29, 0.717) is 12.4 Å². The zero-order valence-corrected chi connectivity index (χ0v) is 16.3. The third kappa shape index (κ3) is 6.46. The molecule has 24 heavy (non-hydrogen) atoms. The lowest BCUT2D eigenvalue weighted by Gasteiger charge is -2.10. The first-order chi connectivity index (χ1) is 11.2. The highest BCUT2D eigenvalue weighted by molar-refractivity contribution is 14.0. The van der Waals surface area contributed by atoms with Crippen LogP contribution < -0.4 is 10.6 Å². The third-order valence-corrected chi connectivity index (χ3v) is 3.36. The van der Waals surface area contributed by atoms with Crippen molar-refractivity contribution >= 4 is 29.9 Å². The number of oxazole rings is 1. The molecule has 7 heteroatoms. The van der Waals surface area contributed by atoms with Crippen molar-refractivity contribution in [1.82, 2.24) is 15.6 Å². The lowest BCUT2D eigenvalue weighted by atomic mass is 10.2. The molecule has 0 saturated carbocycles. The maximum atomic E-state index is 12.9. The molecule has 2 aromatic rings. The second-order valence-corrected chi connectivity index (χ2v) is 5.18. The molecule has 0 atom stereocenters. The summed E-state index contributed by atoms with van der Waals surface area (Å²) in [7, 11) is 1.75. The quantitative estimate of drug-likeness (QED) is 0.295. The number of aliphatic imine (C=N–C) groups is 1. The van der Waals surface area contributed by atoms with Crippen LogP contribution in [0.4, 0.5) is 4.39 Å². The Kier molecular flexibility index (Phi) is 9.36. The molecule has 0 spiro atoms. The van der Waals surface area contributed by atoms with Gasteiger partial charge in [0.25, 0.3) is 0 Å². The Bertz CT molecular complexity index is 628. The highest BCUT2D eigenvalue weighted by Gasteiger charge is 2.07. The predicted octanol–water partition coefficient (Wildman–Crippen LogP) is 3.61. The number of aromatic nitrogens is 1. The van der Waals surface area contributed by atoms with Gasteiger partial charge in [0.1, 0.15) is 12.1 Å². The molecule has 0 aliphatic heterocycles. The average molecular weight is 446 g/mol. The highest BCUT2D eigenvalue weighted by Crippen LogP contribution is 2.18. The summed E-state index contributed by atoms with van der Waals surface area (Å²) in [6, 6.07) is 6.10. The summed E-state index contributed by atoms with van der Waals surface area (Å²) in [5.74, 6) is 1.03. The van der Waals surface area contributed by atoms with Crippen LogP contribution in [0.25, 0.3) is 11.5 Å². The number of rotatable bonds is 7.